The number of thioether (sulfide) groups is 1. The Labute approximate surface area is 121 Å². The molecule has 2 saturated carbocycles. The van der Waals surface area contributed by atoms with Crippen LogP contribution in [-0.2, 0) is 4.79 Å². The van der Waals surface area contributed by atoms with E-state index in [-0.39, 0.29) is 17.2 Å². The fourth-order valence-corrected chi connectivity index (χ4v) is 2.83. The lowest BCUT2D eigenvalue weighted by molar-refractivity contribution is -0.119. The van der Waals surface area contributed by atoms with Crippen molar-refractivity contribution in [2.24, 2.45) is 0 Å². The molecule has 0 radical (unpaired) electrons. The van der Waals surface area contributed by atoms with Gasteiger partial charge in [-0.3, -0.25) is 10.1 Å². The first-order valence-electron chi connectivity index (χ1n) is 6.94. The van der Waals surface area contributed by atoms with Crippen LogP contribution < -0.4 is 10.6 Å². The summed E-state index contributed by atoms with van der Waals surface area (Å²) in [7, 11) is 0. The lowest BCUT2D eigenvalue weighted by Gasteiger charge is -2.12. The minimum atomic E-state index is -0.393. The van der Waals surface area contributed by atoms with Gasteiger partial charge in [-0.2, -0.15) is 0 Å². The summed E-state index contributed by atoms with van der Waals surface area (Å²) in [6, 6.07) is 0.392. The Balaban J connectivity index is 1.51. The maximum absolute atomic E-state index is 11.9. The molecule has 1 aromatic heterocycles. The number of imidazole rings is 1. The summed E-state index contributed by atoms with van der Waals surface area (Å²) in [6.07, 6.45) is 8.06. The van der Waals surface area contributed by atoms with Gasteiger partial charge in [0.05, 0.1) is 5.25 Å². The van der Waals surface area contributed by atoms with Gasteiger partial charge < -0.3 is 9.88 Å². The average Bonchev–Trinajstić information content (AvgIpc) is 3.32. The Morgan fingerprint density at radius 3 is 2.80 bits per heavy atom. The van der Waals surface area contributed by atoms with Crippen LogP contribution in [0.4, 0.5) is 4.79 Å². The number of carbonyl (C=O) groups excluding carboxylic acids is 2. The summed E-state index contributed by atoms with van der Waals surface area (Å²) in [5, 5.41) is 5.62. The molecule has 6 nitrogen and oxygen atoms in total. The van der Waals surface area contributed by atoms with E-state index in [1.807, 2.05) is 6.20 Å². The number of hydrogen-bond acceptors (Lipinski definition) is 4. The van der Waals surface area contributed by atoms with Crippen LogP contribution in [0.2, 0.25) is 0 Å². The third kappa shape index (κ3) is 3.33. The van der Waals surface area contributed by atoms with Crippen LogP contribution in [0.1, 0.15) is 38.6 Å². The molecule has 0 aliphatic heterocycles. The van der Waals surface area contributed by atoms with E-state index in [1.54, 1.807) is 13.1 Å². The van der Waals surface area contributed by atoms with Crippen molar-refractivity contribution in [3.8, 4) is 0 Å². The molecular weight excluding hydrogens is 276 g/mol. The lowest BCUT2D eigenvalue weighted by Crippen LogP contribution is -2.43. The van der Waals surface area contributed by atoms with Crippen LogP contribution >= 0.6 is 11.8 Å². The van der Waals surface area contributed by atoms with Crippen molar-refractivity contribution in [3.05, 3.63) is 12.4 Å². The van der Waals surface area contributed by atoms with Gasteiger partial charge in [-0.25, -0.2) is 9.78 Å². The first-order chi connectivity index (χ1) is 9.63. The van der Waals surface area contributed by atoms with Crippen molar-refractivity contribution < 1.29 is 9.59 Å². The molecule has 2 aliphatic carbocycles. The second kappa shape index (κ2) is 5.47. The molecule has 2 aliphatic rings. The van der Waals surface area contributed by atoms with Crippen LogP contribution in [0.5, 0.6) is 0 Å². The molecule has 20 heavy (non-hydrogen) atoms. The van der Waals surface area contributed by atoms with Gasteiger partial charge in [-0.05, 0) is 32.6 Å². The first kappa shape index (κ1) is 13.5. The quantitative estimate of drug-likeness (QED) is 0.810. The topological polar surface area (TPSA) is 76.0 Å². The van der Waals surface area contributed by atoms with Crippen molar-refractivity contribution in [1.82, 2.24) is 20.2 Å². The molecule has 2 fully saturated rings. The smallest absolute Gasteiger partial charge is 0.321 e. The zero-order valence-corrected chi connectivity index (χ0v) is 12.2. The molecule has 3 rings (SSSR count). The highest BCUT2D eigenvalue weighted by Crippen LogP contribution is 2.38. The number of carbonyl (C=O) groups is 2. The predicted octanol–water partition coefficient (Wildman–Crippen LogP) is 1.69. The molecule has 0 saturated heterocycles. The number of imide groups is 1. The molecule has 0 bridgehead atoms. The fraction of sp³-hybridized carbons (Fsp3) is 0.615. The molecule has 7 heteroatoms. The third-order valence-electron chi connectivity index (χ3n) is 3.37. The molecule has 2 N–H and O–H groups in total. The summed E-state index contributed by atoms with van der Waals surface area (Å²) >= 11 is 1.39. The molecule has 1 atom stereocenters. The zero-order valence-electron chi connectivity index (χ0n) is 11.3. The monoisotopic (exact) mass is 294 g/mol. The number of amides is 3. The predicted molar refractivity (Wildman–Crippen MR) is 75.5 cm³/mol. The average molecular weight is 294 g/mol. The van der Waals surface area contributed by atoms with Crippen LogP contribution in [0.3, 0.4) is 0 Å². The summed E-state index contributed by atoms with van der Waals surface area (Å²) in [5.74, 6) is -0.279. The van der Waals surface area contributed by atoms with Crippen molar-refractivity contribution >= 4 is 23.7 Å². The molecule has 1 heterocycles. The van der Waals surface area contributed by atoms with Crippen LogP contribution in [0, 0.1) is 0 Å². The van der Waals surface area contributed by atoms with Gasteiger partial charge in [0.2, 0.25) is 5.91 Å². The second-order valence-electron chi connectivity index (χ2n) is 5.35. The van der Waals surface area contributed by atoms with Gasteiger partial charge in [-0.15, -0.1) is 0 Å². The van der Waals surface area contributed by atoms with Crippen molar-refractivity contribution in [1.29, 1.82) is 0 Å². The highest BCUT2D eigenvalue weighted by Gasteiger charge is 2.28. The van der Waals surface area contributed by atoms with Crippen molar-refractivity contribution in [2.75, 3.05) is 0 Å². The number of rotatable bonds is 5. The summed E-state index contributed by atoms with van der Waals surface area (Å²) < 4.78 is 2.11. The van der Waals surface area contributed by atoms with E-state index >= 15 is 0 Å². The van der Waals surface area contributed by atoms with Gasteiger partial charge in [-0.1, -0.05) is 11.8 Å². The minimum absolute atomic E-state index is 0.250. The summed E-state index contributed by atoms with van der Waals surface area (Å²) in [6.45, 7) is 1.79. The lowest BCUT2D eigenvalue weighted by atomic mass is 10.4. The van der Waals surface area contributed by atoms with Gasteiger partial charge in [0.15, 0.2) is 5.16 Å². The summed E-state index contributed by atoms with van der Waals surface area (Å²) in [5.41, 5.74) is 0. The third-order valence-corrected chi connectivity index (χ3v) is 4.47. The largest absolute Gasteiger partial charge is 0.335 e. The van der Waals surface area contributed by atoms with E-state index in [9.17, 15) is 9.59 Å². The minimum Gasteiger partial charge on any atom is -0.335 e. The SMILES string of the molecule is C[C@@H](Sc1nccn1C1CC1)C(=O)NC(=O)NC1CC1. The van der Waals surface area contributed by atoms with Crippen LogP contribution in [0.25, 0.3) is 0 Å². The Morgan fingerprint density at radius 1 is 1.40 bits per heavy atom. The highest BCUT2D eigenvalue weighted by molar-refractivity contribution is 8.00. The highest BCUT2D eigenvalue weighted by atomic mass is 32.2. The van der Waals surface area contributed by atoms with Gasteiger partial charge >= 0.3 is 6.03 Å². The standard InChI is InChI=1S/C13H18N4O2S/c1-8(11(18)16-12(19)15-9-2-3-9)20-13-14-6-7-17(13)10-4-5-10/h6-10H,2-5H2,1H3,(H2,15,16,18,19)/t8-/m1/s1. The van der Waals surface area contributed by atoms with E-state index in [4.69, 9.17) is 0 Å². The van der Waals surface area contributed by atoms with Crippen molar-refractivity contribution in [2.45, 2.75) is 55.1 Å². The number of hydrogen-bond donors (Lipinski definition) is 2. The van der Waals surface area contributed by atoms with Gasteiger partial charge in [0, 0.05) is 24.5 Å². The Kier molecular flexibility index (Phi) is 3.69. The van der Waals surface area contributed by atoms with Crippen LogP contribution in [-0.4, -0.2) is 32.8 Å². The van der Waals surface area contributed by atoms with Crippen LogP contribution in [0.15, 0.2) is 17.6 Å². The van der Waals surface area contributed by atoms with E-state index in [1.165, 1.54) is 24.6 Å². The van der Waals surface area contributed by atoms with E-state index in [0.29, 0.717) is 6.04 Å². The maximum atomic E-state index is 11.9. The molecular formula is C13H18N4O2S. The second-order valence-corrected chi connectivity index (χ2v) is 6.65. The van der Waals surface area contributed by atoms with Gasteiger partial charge in [0.1, 0.15) is 0 Å². The number of nitrogens with one attached hydrogen (secondary N) is 2. The van der Waals surface area contributed by atoms with Crippen molar-refractivity contribution in [3.63, 3.8) is 0 Å². The fourth-order valence-electron chi connectivity index (χ4n) is 1.90. The number of urea groups is 1. The van der Waals surface area contributed by atoms with E-state index in [2.05, 4.69) is 20.2 Å². The maximum Gasteiger partial charge on any atom is 0.321 e. The molecule has 1 aromatic rings. The van der Waals surface area contributed by atoms with Gasteiger partial charge in [0.25, 0.3) is 0 Å². The number of nitrogens with zero attached hydrogens (tertiary/aromatic N) is 2. The molecule has 108 valence electrons. The van der Waals surface area contributed by atoms with E-state index < -0.39 is 6.03 Å². The Morgan fingerprint density at radius 2 is 2.15 bits per heavy atom. The normalized spacial score (nSPS) is 19.4. The zero-order chi connectivity index (χ0) is 14.1. The number of aromatic nitrogens is 2. The van der Waals surface area contributed by atoms with E-state index in [0.717, 1.165) is 18.0 Å². The molecule has 3 amide bonds. The summed E-state index contributed by atoms with van der Waals surface area (Å²) in [4.78, 5) is 27.8. The molecule has 0 unspecified atom stereocenters. The Hall–Kier alpha value is -1.50. The first-order valence-corrected chi connectivity index (χ1v) is 7.82. The Bertz CT molecular complexity index is 522. The molecule has 0 aromatic carbocycles. The molecule has 0 spiro atoms.